The van der Waals surface area contributed by atoms with Crippen molar-refractivity contribution in [1.29, 1.82) is 0 Å². The van der Waals surface area contributed by atoms with E-state index in [0.29, 0.717) is 5.92 Å². The Morgan fingerprint density at radius 1 is 1.50 bits per heavy atom. The zero-order valence-electron chi connectivity index (χ0n) is 9.03. The highest BCUT2D eigenvalue weighted by Gasteiger charge is 2.20. The Bertz CT molecular complexity index is 205. The predicted octanol–water partition coefficient (Wildman–Crippen LogP) is 1.45. The molecule has 1 rings (SSSR count). The molecule has 0 aromatic carbocycles. The quantitative estimate of drug-likeness (QED) is 0.641. The Morgan fingerprint density at radius 2 is 2.14 bits per heavy atom. The molecule has 0 N–H and O–H groups in total. The summed E-state index contributed by atoms with van der Waals surface area (Å²) < 4.78 is 5.11. The molecule has 0 aromatic rings. The predicted molar refractivity (Wildman–Crippen MR) is 56.0 cm³/mol. The van der Waals surface area contributed by atoms with Crippen molar-refractivity contribution in [3.8, 4) is 0 Å². The van der Waals surface area contributed by atoms with E-state index >= 15 is 0 Å². The summed E-state index contributed by atoms with van der Waals surface area (Å²) in [4.78, 5) is 13.4. The minimum absolute atomic E-state index is 0.142. The number of carbonyl (C=O) groups is 1. The first kappa shape index (κ1) is 11.2. The lowest BCUT2D eigenvalue weighted by atomic mass is 9.98. The topological polar surface area (TPSA) is 29.5 Å². The Labute approximate surface area is 85.7 Å². The van der Waals surface area contributed by atoms with Crippen LogP contribution in [0, 0.1) is 5.92 Å². The average Bonchev–Trinajstić information content (AvgIpc) is 2.20. The zero-order valence-corrected chi connectivity index (χ0v) is 9.03. The smallest absolute Gasteiger partial charge is 0.246 e. The van der Waals surface area contributed by atoms with Crippen LogP contribution in [0.4, 0.5) is 0 Å². The average molecular weight is 197 g/mol. The Hall–Kier alpha value is -0.830. The molecule has 80 valence electrons. The molecule has 1 aliphatic rings. The van der Waals surface area contributed by atoms with E-state index in [0.717, 1.165) is 32.5 Å². The number of hydrogen-bond acceptors (Lipinski definition) is 2. The van der Waals surface area contributed by atoms with E-state index in [1.54, 1.807) is 19.3 Å². The van der Waals surface area contributed by atoms with Crippen LogP contribution < -0.4 is 0 Å². The molecule has 0 spiro atoms. The molecule has 3 heteroatoms. The standard InChI is InChI=1S/C11H19NO2/c1-3-4-11(13)12-7-5-10(6-8-12)9-14-2/h3-4,10H,5-9H2,1-2H3. The molecule has 1 heterocycles. The second-order valence-corrected chi connectivity index (χ2v) is 3.72. The largest absolute Gasteiger partial charge is 0.384 e. The highest BCUT2D eigenvalue weighted by atomic mass is 16.5. The number of amides is 1. The fraction of sp³-hybridized carbons (Fsp3) is 0.727. The number of rotatable bonds is 3. The third-order valence-corrected chi connectivity index (χ3v) is 2.64. The summed E-state index contributed by atoms with van der Waals surface area (Å²) >= 11 is 0. The molecule has 1 saturated heterocycles. The maximum absolute atomic E-state index is 11.5. The van der Waals surface area contributed by atoms with Crippen molar-refractivity contribution in [3.63, 3.8) is 0 Å². The molecule has 3 nitrogen and oxygen atoms in total. The normalized spacial score (nSPS) is 19.1. The molecular weight excluding hydrogens is 178 g/mol. The molecule has 0 unspecified atom stereocenters. The number of piperidine rings is 1. The van der Waals surface area contributed by atoms with E-state index < -0.39 is 0 Å². The van der Waals surface area contributed by atoms with Crippen LogP contribution in [-0.4, -0.2) is 37.6 Å². The summed E-state index contributed by atoms with van der Waals surface area (Å²) in [6.45, 7) is 4.44. The summed E-state index contributed by atoms with van der Waals surface area (Å²) in [6, 6.07) is 0. The SMILES string of the molecule is CC=CC(=O)N1CCC(COC)CC1. The van der Waals surface area contributed by atoms with Gasteiger partial charge in [0.2, 0.25) is 5.91 Å². The van der Waals surface area contributed by atoms with Crippen LogP contribution in [0.25, 0.3) is 0 Å². The molecular formula is C11H19NO2. The number of carbonyl (C=O) groups excluding carboxylic acids is 1. The van der Waals surface area contributed by atoms with E-state index in [2.05, 4.69) is 0 Å². The van der Waals surface area contributed by atoms with Gasteiger partial charge in [0.05, 0.1) is 0 Å². The summed E-state index contributed by atoms with van der Waals surface area (Å²) in [5.41, 5.74) is 0. The van der Waals surface area contributed by atoms with Gasteiger partial charge >= 0.3 is 0 Å². The van der Waals surface area contributed by atoms with Gasteiger partial charge in [0.1, 0.15) is 0 Å². The lowest BCUT2D eigenvalue weighted by molar-refractivity contribution is -0.127. The number of nitrogens with zero attached hydrogens (tertiary/aromatic N) is 1. The third kappa shape index (κ3) is 3.14. The van der Waals surface area contributed by atoms with Crippen molar-refractivity contribution in [2.75, 3.05) is 26.8 Å². The van der Waals surface area contributed by atoms with Gasteiger partial charge in [0.25, 0.3) is 0 Å². The van der Waals surface area contributed by atoms with Gasteiger partial charge < -0.3 is 9.64 Å². The van der Waals surface area contributed by atoms with E-state index in [-0.39, 0.29) is 5.91 Å². The summed E-state index contributed by atoms with van der Waals surface area (Å²) in [5.74, 6) is 0.776. The van der Waals surface area contributed by atoms with Gasteiger partial charge in [-0.3, -0.25) is 4.79 Å². The van der Waals surface area contributed by atoms with Crippen LogP contribution in [0.15, 0.2) is 12.2 Å². The third-order valence-electron chi connectivity index (χ3n) is 2.64. The minimum atomic E-state index is 0.142. The van der Waals surface area contributed by atoms with E-state index in [1.165, 1.54) is 0 Å². The monoisotopic (exact) mass is 197 g/mol. The van der Waals surface area contributed by atoms with Gasteiger partial charge in [-0.25, -0.2) is 0 Å². The highest BCUT2D eigenvalue weighted by molar-refractivity contribution is 5.87. The molecule has 0 aliphatic carbocycles. The number of ether oxygens (including phenoxy) is 1. The second kappa shape index (κ2) is 5.81. The molecule has 14 heavy (non-hydrogen) atoms. The van der Waals surface area contributed by atoms with Gasteiger partial charge in [0, 0.05) is 26.8 Å². The van der Waals surface area contributed by atoms with Crippen LogP contribution in [0.5, 0.6) is 0 Å². The van der Waals surface area contributed by atoms with Crippen LogP contribution in [0.3, 0.4) is 0 Å². The van der Waals surface area contributed by atoms with Gasteiger partial charge in [-0.1, -0.05) is 6.08 Å². The van der Waals surface area contributed by atoms with Crippen LogP contribution >= 0.6 is 0 Å². The minimum Gasteiger partial charge on any atom is -0.384 e. The van der Waals surface area contributed by atoms with Gasteiger partial charge in [-0.15, -0.1) is 0 Å². The van der Waals surface area contributed by atoms with Crippen LogP contribution in [0.2, 0.25) is 0 Å². The van der Waals surface area contributed by atoms with Gasteiger partial charge in [-0.2, -0.15) is 0 Å². The fourth-order valence-corrected chi connectivity index (χ4v) is 1.80. The molecule has 0 atom stereocenters. The van der Waals surface area contributed by atoms with E-state index in [1.807, 2.05) is 11.8 Å². The van der Waals surface area contributed by atoms with Gasteiger partial charge in [0.15, 0.2) is 0 Å². The molecule has 1 fully saturated rings. The van der Waals surface area contributed by atoms with Crippen molar-refractivity contribution < 1.29 is 9.53 Å². The number of allylic oxidation sites excluding steroid dienone is 1. The molecule has 1 amide bonds. The molecule has 1 aliphatic heterocycles. The summed E-state index contributed by atoms with van der Waals surface area (Å²) in [7, 11) is 1.73. The molecule has 0 aromatic heterocycles. The maximum atomic E-state index is 11.5. The zero-order chi connectivity index (χ0) is 10.4. The molecule has 0 saturated carbocycles. The van der Waals surface area contributed by atoms with Crippen LogP contribution in [0.1, 0.15) is 19.8 Å². The second-order valence-electron chi connectivity index (χ2n) is 3.72. The Morgan fingerprint density at radius 3 is 2.64 bits per heavy atom. The van der Waals surface area contributed by atoms with Crippen molar-refractivity contribution in [2.45, 2.75) is 19.8 Å². The van der Waals surface area contributed by atoms with Crippen LogP contribution in [-0.2, 0) is 9.53 Å². The van der Waals surface area contributed by atoms with Crippen molar-refractivity contribution in [3.05, 3.63) is 12.2 Å². The fourth-order valence-electron chi connectivity index (χ4n) is 1.80. The lowest BCUT2D eigenvalue weighted by Gasteiger charge is -2.30. The first-order valence-electron chi connectivity index (χ1n) is 5.18. The summed E-state index contributed by atoms with van der Waals surface area (Å²) in [6.07, 6.45) is 5.56. The number of hydrogen-bond donors (Lipinski definition) is 0. The first-order chi connectivity index (χ1) is 6.77. The molecule has 0 bridgehead atoms. The van der Waals surface area contributed by atoms with Gasteiger partial charge in [-0.05, 0) is 31.8 Å². The maximum Gasteiger partial charge on any atom is 0.246 e. The summed E-state index contributed by atoms with van der Waals surface area (Å²) in [5, 5.41) is 0. The highest BCUT2D eigenvalue weighted by Crippen LogP contribution is 2.17. The Kier molecular flexibility index (Phi) is 4.66. The number of likely N-dealkylation sites (tertiary alicyclic amines) is 1. The van der Waals surface area contributed by atoms with Crippen molar-refractivity contribution >= 4 is 5.91 Å². The van der Waals surface area contributed by atoms with E-state index in [4.69, 9.17) is 4.74 Å². The van der Waals surface area contributed by atoms with Crippen molar-refractivity contribution in [2.24, 2.45) is 5.92 Å². The lowest BCUT2D eigenvalue weighted by Crippen LogP contribution is -2.38. The molecule has 0 radical (unpaired) electrons. The van der Waals surface area contributed by atoms with Crippen molar-refractivity contribution in [1.82, 2.24) is 4.90 Å². The van der Waals surface area contributed by atoms with E-state index in [9.17, 15) is 4.79 Å². The number of methoxy groups -OCH3 is 1. The Balaban J connectivity index is 2.31. The first-order valence-corrected chi connectivity index (χ1v) is 5.18.